The minimum absolute atomic E-state index is 0.252. The van der Waals surface area contributed by atoms with E-state index in [2.05, 4.69) is 5.32 Å². The van der Waals surface area contributed by atoms with Crippen molar-refractivity contribution in [1.82, 2.24) is 5.32 Å². The molecule has 1 rings (SSSR count). The predicted octanol–water partition coefficient (Wildman–Crippen LogP) is 1.60. The lowest BCUT2D eigenvalue weighted by Gasteiger charge is -2.33. The van der Waals surface area contributed by atoms with Gasteiger partial charge in [0.05, 0.1) is 18.1 Å². The summed E-state index contributed by atoms with van der Waals surface area (Å²) in [7, 11) is 0. The summed E-state index contributed by atoms with van der Waals surface area (Å²) in [4.78, 5) is 23.9. The second-order valence-corrected chi connectivity index (χ2v) is 8.10. The van der Waals surface area contributed by atoms with E-state index in [1.807, 2.05) is 30.3 Å². The number of rotatable bonds is 8. The highest BCUT2D eigenvalue weighted by molar-refractivity contribution is 5.77. The average molecular weight is 380 g/mol. The summed E-state index contributed by atoms with van der Waals surface area (Å²) in [5.41, 5.74) is 5.53. The summed E-state index contributed by atoms with van der Waals surface area (Å²) in [6.07, 6.45) is -3.29. The summed E-state index contributed by atoms with van der Waals surface area (Å²) in [6.45, 7) is 8.65. The second-order valence-electron chi connectivity index (χ2n) is 8.10. The molecule has 0 heterocycles. The summed E-state index contributed by atoms with van der Waals surface area (Å²) >= 11 is 0. The third-order valence-electron chi connectivity index (χ3n) is 4.18. The Labute approximate surface area is 160 Å². The molecule has 1 aromatic rings. The third kappa shape index (κ3) is 7.56. The normalized spacial score (nSPS) is 16.3. The Morgan fingerprint density at radius 2 is 1.67 bits per heavy atom. The van der Waals surface area contributed by atoms with Gasteiger partial charge in [0, 0.05) is 0 Å². The molecule has 1 aromatic carbocycles. The zero-order valence-corrected chi connectivity index (χ0v) is 16.7. The summed E-state index contributed by atoms with van der Waals surface area (Å²) in [5.74, 6) is -1.92. The third-order valence-corrected chi connectivity index (χ3v) is 4.18. The fraction of sp³-hybridized carbons (Fsp3) is 0.600. The van der Waals surface area contributed by atoms with Gasteiger partial charge >= 0.3 is 6.09 Å². The molecule has 5 N–H and O–H groups in total. The minimum atomic E-state index is -1.42. The number of nitrogens with two attached hydrogens (primary N) is 1. The number of benzene rings is 1. The van der Waals surface area contributed by atoms with Gasteiger partial charge < -0.3 is 26.0 Å². The topological polar surface area (TPSA) is 122 Å². The van der Waals surface area contributed by atoms with Crippen molar-refractivity contribution in [3.8, 4) is 0 Å². The molecule has 0 saturated carbocycles. The molecule has 152 valence electrons. The molecule has 7 nitrogen and oxygen atoms in total. The van der Waals surface area contributed by atoms with Crippen molar-refractivity contribution in [3.05, 3.63) is 35.9 Å². The zero-order valence-electron chi connectivity index (χ0n) is 16.7. The fourth-order valence-electron chi connectivity index (χ4n) is 2.93. The lowest BCUT2D eigenvalue weighted by molar-refractivity contribution is -0.132. The van der Waals surface area contributed by atoms with E-state index in [1.165, 1.54) is 0 Å². The van der Waals surface area contributed by atoms with Gasteiger partial charge in [0.25, 0.3) is 0 Å². The summed E-state index contributed by atoms with van der Waals surface area (Å²) in [6, 6.07) is 8.35. The van der Waals surface area contributed by atoms with Crippen molar-refractivity contribution in [2.45, 2.75) is 64.9 Å². The van der Waals surface area contributed by atoms with E-state index in [4.69, 9.17) is 10.5 Å². The number of hydrogen-bond acceptors (Lipinski definition) is 5. The number of alkyl carbamates (subject to hydrolysis) is 1. The molecule has 4 atom stereocenters. The van der Waals surface area contributed by atoms with Crippen molar-refractivity contribution in [3.63, 3.8) is 0 Å². The van der Waals surface area contributed by atoms with Gasteiger partial charge in [-0.3, -0.25) is 4.79 Å². The molecular formula is C20H32N2O5. The van der Waals surface area contributed by atoms with Gasteiger partial charge in [0.1, 0.15) is 11.7 Å². The molecule has 0 aliphatic carbocycles. The van der Waals surface area contributed by atoms with E-state index in [1.54, 1.807) is 34.6 Å². The van der Waals surface area contributed by atoms with Crippen LogP contribution >= 0.6 is 0 Å². The number of ether oxygens (including phenoxy) is 1. The summed E-state index contributed by atoms with van der Waals surface area (Å²) in [5, 5.41) is 23.9. The van der Waals surface area contributed by atoms with Crippen LogP contribution in [0.4, 0.5) is 4.79 Å². The Kier molecular flexibility index (Phi) is 8.24. The maximum Gasteiger partial charge on any atom is 0.407 e. The van der Waals surface area contributed by atoms with Crippen molar-refractivity contribution < 1.29 is 24.5 Å². The maximum atomic E-state index is 12.2. The zero-order chi connectivity index (χ0) is 20.8. The number of aliphatic hydroxyl groups is 2. The quantitative estimate of drug-likeness (QED) is 0.546. The van der Waals surface area contributed by atoms with Crippen molar-refractivity contribution in [1.29, 1.82) is 0 Å². The minimum Gasteiger partial charge on any atom is -0.444 e. The maximum absolute atomic E-state index is 12.2. The van der Waals surface area contributed by atoms with Crippen LogP contribution in [0.5, 0.6) is 0 Å². The first-order chi connectivity index (χ1) is 12.4. The van der Waals surface area contributed by atoms with Crippen molar-refractivity contribution >= 4 is 12.0 Å². The molecule has 2 amide bonds. The standard InChI is InChI=1S/C20H32N2O5/c1-12(2)15(18(21)25)17(24)16(23)14(11-13-9-7-6-8-10-13)22-19(26)27-20(3,4)5/h6-10,12,14-17,23-24H,11H2,1-5H3,(H2,21,25)(H,22,26)/t14-,15-,16-,17-/m0/s1. The molecule has 0 aromatic heterocycles. The molecule has 0 saturated heterocycles. The highest BCUT2D eigenvalue weighted by Gasteiger charge is 2.38. The van der Waals surface area contributed by atoms with E-state index in [0.29, 0.717) is 0 Å². The Morgan fingerprint density at radius 3 is 2.11 bits per heavy atom. The van der Waals surface area contributed by atoms with Crippen molar-refractivity contribution in [2.24, 2.45) is 17.6 Å². The van der Waals surface area contributed by atoms with Crippen LogP contribution in [0.1, 0.15) is 40.2 Å². The van der Waals surface area contributed by atoms with E-state index in [9.17, 15) is 19.8 Å². The van der Waals surface area contributed by atoms with Gasteiger partial charge in [0.2, 0.25) is 5.91 Å². The van der Waals surface area contributed by atoms with Crippen LogP contribution in [0.2, 0.25) is 0 Å². The van der Waals surface area contributed by atoms with Crippen LogP contribution in [-0.2, 0) is 16.0 Å². The SMILES string of the molecule is CC(C)[C@H](C(N)=O)[C@H](O)[C@@H](O)[C@H](Cc1ccccc1)NC(=O)OC(C)(C)C. The Morgan fingerprint density at radius 1 is 1.11 bits per heavy atom. The first-order valence-electron chi connectivity index (χ1n) is 9.11. The van der Waals surface area contributed by atoms with E-state index >= 15 is 0 Å². The van der Waals surface area contributed by atoms with E-state index in [-0.39, 0.29) is 12.3 Å². The van der Waals surface area contributed by atoms with Gasteiger partial charge in [-0.15, -0.1) is 0 Å². The molecule has 7 heteroatoms. The number of aliphatic hydroxyl groups excluding tert-OH is 2. The van der Waals surface area contributed by atoms with Gasteiger partial charge in [-0.25, -0.2) is 4.79 Å². The highest BCUT2D eigenvalue weighted by Crippen LogP contribution is 2.21. The number of nitrogens with one attached hydrogen (secondary N) is 1. The molecule has 0 aliphatic heterocycles. The van der Waals surface area contributed by atoms with E-state index < -0.39 is 41.8 Å². The lowest BCUT2D eigenvalue weighted by Crippen LogP contribution is -2.55. The van der Waals surface area contributed by atoms with Gasteiger partial charge in [-0.1, -0.05) is 44.2 Å². The number of carbonyl (C=O) groups excluding carboxylic acids is 2. The molecule has 0 unspecified atom stereocenters. The predicted molar refractivity (Wildman–Crippen MR) is 103 cm³/mol. The van der Waals surface area contributed by atoms with Crippen LogP contribution < -0.4 is 11.1 Å². The van der Waals surface area contributed by atoms with Gasteiger partial charge in [-0.05, 0) is 38.7 Å². The number of hydrogen-bond donors (Lipinski definition) is 4. The first-order valence-corrected chi connectivity index (χ1v) is 9.11. The summed E-state index contributed by atoms with van der Waals surface area (Å²) < 4.78 is 5.26. The lowest BCUT2D eigenvalue weighted by atomic mass is 9.83. The van der Waals surface area contributed by atoms with E-state index in [0.717, 1.165) is 5.56 Å². The fourth-order valence-corrected chi connectivity index (χ4v) is 2.93. The van der Waals surface area contributed by atoms with Crippen LogP contribution in [-0.4, -0.2) is 46.1 Å². The monoisotopic (exact) mass is 380 g/mol. The van der Waals surface area contributed by atoms with Crippen LogP contribution in [0.3, 0.4) is 0 Å². The van der Waals surface area contributed by atoms with Crippen LogP contribution in [0.25, 0.3) is 0 Å². The average Bonchev–Trinajstić information content (AvgIpc) is 2.52. The highest BCUT2D eigenvalue weighted by atomic mass is 16.6. The van der Waals surface area contributed by atoms with Crippen molar-refractivity contribution in [2.75, 3.05) is 0 Å². The number of primary amides is 1. The molecule has 0 fully saturated rings. The van der Waals surface area contributed by atoms with Gasteiger partial charge in [-0.2, -0.15) is 0 Å². The Hall–Kier alpha value is -2.12. The molecular weight excluding hydrogens is 348 g/mol. The Bertz CT molecular complexity index is 613. The van der Waals surface area contributed by atoms with Gasteiger partial charge in [0.15, 0.2) is 0 Å². The largest absolute Gasteiger partial charge is 0.444 e. The number of amides is 2. The first kappa shape index (κ1) is 22.9. The van der Waals surface area contributed by atoms with Crippen LogP contribution in [0, 0.1) is 11.8 Å². The number of carbonyl (C=O) groups is 2. The molecule has 0 spiro atoms. The second kappa shape index (κ2) is 9.71. The molecule has 27 heavy (non-hydrogen) atoms. The molecule has 0 radical (unpaired) electrons. The smallest absolute Gasteiger partial charge is 0.407 e. The molecule has 0 bridgehead atoms. The van der Waals surface area contributed by atoms with Crippen LogP contribution in [0.15, 0.2) is 30.3 Å². The molecule has 0 aliphatic rings. The Balaban J connectivity index is 3.04.